The number of methoxy groups -OCH3 is 1. The zero-order valence-corrected chi connectivity index (χ0v) is 22.9. The molecule has 0 bridgehead atoms. The molecule has 7 nitrogen and oxygen atoms in total. The van der Waals surface area contributed by atoms with Gasteiger partial charge in [-0.25, -0.2) is 8.42 Å². The second-order valence-corrected chi connectivity index (χ2v) is 11.6. The maximum atomic E-state index is 13.6. The van der Waals surface area contributed by atoms with Crippen molar-refractivity contribution in [1.82, 2.24) is 5.32 Å². The Kier molecular flexibility index (Phi) is 7.50. The van der Waals surface area contributed by atoms with Crippen LogP contribution in [0.1, 0.15) is 55.0 Å². The number of hydrogen-bond acceptors (Lipinski definition) is 5. The minimum Gasteiger partial charge on any atom is -0.496 e. The highest BCUT2D eigenvalue weighted by atomic mass is 32.2. The van der Waals surface area contributed by atoms with Gasteiger partial charge in [0.2, 0.25) is 0 Å². The van der Waals surface area contributed by atoms with E-state index in [1.54, 1.807) is 49.6 Å². The lowest BCUT2D eigenvalue weighted by Crippen LogP contribution is -2.51. The van der Waals surface area contributed by atoms with Crippen LogP contribution < -0.4 is 19.1 Å². The van der Waals surface area contributed by atoms with Crippen LogP contribution in [0.15, 0.2) is 65.6 Å². The van der Waals surface area contributed by atoms with Crippen molar-refractivity contribution < 1.29 is 22.7 Å². The Morgan fingerprint density at radius 2 is 1.73 bits per heavy atom. The van der Waals surface area contributed by atoms with E-state index in [1.807, 2.05) is 32.9 Å². The molecule has 37 heavy (non-hydrogen) atoms. The van der Waals surface area contributed by atoms with E-state index in [2.05, 4.69) is 25.2 Å². The van der Waals surface area contributed by atoms with Crippen molar-refractivity contribution in [2.24, 2.45) is 0 Å². The second kappa shape index (κ2) is 10.5. The minimum absolute atomic E-state index is 0.134. The number of aryl methyl sites for hydroxylation is 2. The summed E-state index contributed by atoms with van der Waals surface area (Å²) in [7, 11) is -2.25. The number of sulfonamides is 1. The van der Waals surface area contributed by atoms with E-state index in [4.69, 9.17) is 9.47 Å². The zero-order valence-electron chi connectivity index (χ0n) is 22.1. The molecule has 0 aromatic heterocycles. The quantitative estimate of drug-likeness (QED) is 0.457. The Balaban J connectivity index is 1.64. The number of hydrogen-bond donors (Lipinski definition) is 1. The summed E-state index contributed by atoms with van der Waals surface area (Å²) in [5, 5.41) is 3.04. The van der Waals surface area contributed by atoms with Gasteiger partial charge in [0.05, 0.1) is 30.3 Å². The van der Waals surface area contributed by atoms with Crippen LogP contribution in [0.25, 0.3) is 0 Å². The Morgan fingerprint density at radius 3 is 2.38 bits per heavy atom. The molecule has 196 valence electrons. The fourth-order valence-corrected chi connectivity index (χ4v) is 6.14. The predicted molar refractivity (Wildman–Crippen MR) is 145 cm³/mol. The lowest BCUT2D eigenvalue weighted by Gasteiger charge is -2.35. The summed E-state index contributed by atoms with van der Waals surface area (Å²) in [5.41, 5.74) is 4.34. The third-order valence-corrected chi connectivity index (χ3v) is 8.47. The van der Waals surface area contributed by atoms with Crippen molar-refractivity contribution in [3.05, 3.63) is 82.9 Å². The van der Waals surface area contributed by atoms with E-state index in [0.29, 0.717) is 11.4 Å². The first-order valence-electron chi connectivity index (χ1n) is 12.4. The SMILES string of the molecule is COc1cc(C)c([C@H](C)NC(=O)[C@@H]2CN(S(=O)(=O)c3ccccc3)c3ccc(C)cc3O2)cc1C(C)C. The number of nitrogens with zero attached hydrogens (tertiary/aromatic N) is 1. The molecule has 1 heterocycles. The zero-order chi connectivity index (χ0) is 26.9. The van der Waals surface area contributed by atoms with Crippen molar-refractivity contribution in [3.8, 4) is 11.5 Å². The average molecular weight is 523 g/mol. The van der Waals surface area contributed by atoms with Gasteiger partial charge in [0, 0.05) is 0 Å². The summed E-state index contributed by atoms with van der Waals surface area (Å²) in [4.78, 5) is 13.6. The predicted octanol–water partition coefficient (Wildman–Crippen LogP) is 5.27. The average Bonchev–Trinajstić information content (AvgIpc) is 2.87. The highest BCUT2D eigenvalue weighted by Crippen LogP contribution is 2.38. The molecule has 0 saturated carbocycles. The number of benzene rings is 3. The van der Waals surface area contributed by atoms with E-state index in [1.165, 1.54) is 4.31 Å². The second-order valence-electron chi connectivity index (χ2n) is 9.76. The van der Waals surface area contributed by atoms with Crippen LogP contribution in [0.5, 0.6) is 11.5 Å². The van der Waals surface area contributed by atoms with E-state index in [9.17, 15) is 13.2 Å². The molecule has 4 rings (SSSR count). The van der Waals surface area contributed by atoms with Gasteiger partial charge in [-0.3, -0.25) is 9.10 Å². The molecule has 1 N–H and O–H groups in total. The molecule has 0 unspecified atom stereocenters. The van der Waals surface area contributed by atoms with Crippen LogP contribution in [0.2, 0.25) is 0 Å². The fraction of sp³-hybridized carbons (Fsp3) is 0.345. The first-order valence-corrected chi connectivity index (χ1v) is 13.8. The third-order valence-electron chi connectivity index (χ3n) is 6.67. The first-order chi connectivity index (χ1) is 17.5. The number of fused-ring (bicyclic) bond motifs is 1. The largest absolute Gasteiger partial charge is 0.496 e. The molecule has 3 aromatic carbocycles. The molecule has 0 radical (unpaired) electrons. The van der Waals surface area contributed by atoms with Gasteiger partial charge >= 0.3 is 0 Å². The molecule has 0 fully saturated rings. The number of amides is 1. The Hall–Kier alpha value is -3.52. The Bertz CT molecular complexity index is 1400. The van der Waals surface area contributed by atoms with Gasteiger partial charge in [-0.1, -0.05) is 38.1 Å². The number of rotatable bonds is 7. The van der Waals surface area contributed by atoms with E-state index >= 15 is 0 Å². The lowest BCUT2D eigenvalue weighted by atomic mass is 9.93. The molecule has 2 atom stereocenters. The molecule has 1 amide bonds. The molecular formula is C29H34N2O5S. The third kappa shape index (κ3) is 5.30. The molecular weight excluding hydrogens is 488 g/mol. The summed E-state index contributed by atoms with van der Waals surface area (Å²) in [6.07, 6.45) is -1.02. The van der Waals surface area contributed by atoms with Crippen molar-refractivity contribution in [2.45, 2.75) is 57.6 Å². The smallest absolute Gasteiger partial charge is 0.264 e. The summed E-state index contributed by atoms with van der Waals surface area (Å²) < 4.78 is 40.0. The standard InChI is InChI=1S/C29H34N2O5S/c1-18(2)23-16-24(20(4)15-26(23)35-6)21(5)30-29(32)28-17-31(25-13-12-19(3)14-27(25)36-28)37(33,34)22-10-8-7-9-11-22/h7-16,18,21,28H,17H2,1-6H3,(H,30,32)/t21-,28-/m0/s1. The number of carbonyl (C=O) groups is 1. The van der Waals surface area contributed by atoms with Crippen LogP contribution in [0.3, 0.4) is 0 Å². The number of nitrogens with one attached hydrogen (secondary N) is 1. The monoisotopic (exact) mass is 522 g/mol. The van der Waals surface area contributed by atoms with Gasteiger partial charge in [0.1, 0.15) is 11.5 Å². The van der Waals surface area contributed by atoms with E-state index < -0.39 is 16.1 Å². The van der Waals surface area contributed by atoms with Crippen molar-refractivity contribution in [1.29, 1.82) is 0 Å². The van der Waals surface area contributed by atoms with Crippen LogP contribution >= 0.6 is 0 Å². The van der Waals surface area contributed by atoms with Gasteiger partial charge in [-0.05, 0) is 85.3 Å². The van der Waals surface area contributed by atoms with Crippen LogP contribution in [-0.2, 0) is 14.8 Å². The Labute approximate surface area is 219 Å². The maximum Gasteiger partial charge on any atom is 0.264 e. The highest BCUT2D eigenvalue weighted by Gasteiger charge is 2.38. The molecule has 0 saturated heterocycles. The summed E-state index contributed by atoms with van der Waals surface area (Å²) in [5.74, 6) is 1.05. The van der Waals surface area contributed by atoms with Gasteiger partial charge in [0.15, 0.2) is 6.10 Å². The van der Waals surface area contributed by atoms with Gasteiger partial charge < -0.3 is 14.8 Å². The Morgan fingerprint density at radius 1 is 1.03 bits per heavy atom. The molecule has 3 aromatic rings. The van der Waals surface area contributed by atoms with Crippen LogP contribution in [0, 0.1) is 13.8 Å². The number of anilines is 1. The normalized spacial score (nSPS) is 16.1. The molecule has 8 heteroatoms. The number of carbonyl (C=O) groups excluding carboxylic acids is 1. The van der Waals surface area contributed by atoms with Crippen molar-refractivity contribution in [3.63, 3.8) is 0 Å². The van der Waals surface area contributed by atoms with Crippen molar-refractivity contribution >= 4 is 21.6 Å². The molecule has 1 aliphatic heterocycles. The fourth-order valence-electron chi connectivity index (χ4n) is 4.64. The number of ether oxygens (including phenoxy) is 2. The first kappa shape index (κ1) is 26.5. The molecule has 0 spiro atoms. The van der Waals surface area contributed by atoms with Crippen molar-refractivity contribution in [2.75, 3.05) is 18.0 Å². The van der Waals surface area contributed by atoms with Gasteiger partial charge in [0.25, 0.3) is 15.9 Å². The summed E-state index contributed by atoms with van der Waals surface area (Å²) in [6.45, 7) is 9.84. The minimum atomic E-state index is -3.91. The molecule has 0 aliphatic carbocycles. The topological polar surface area (TPSA) is 84.9 Å². The maximum absolute atomic E-state index is 13.6. The summed E-state index contributed by atoms with van der Waals surface area (Å²) in [6, 6.07) is 17.3. The van der Waals surface area contributed by atoms with Crippen LogP contribution in [-0.4, -0.2) is 34.1 Å². The van der Waals surface area contributed by atoms with Gasteiger partial charge in [-0.15, -0.1) is 0 Å². The van der Waals surface area contributed by atoms with E-state index in [0.717, 1.165) is 28.0 Å². The van der Waals surface area contributed by atoms with E-state index in [-0.39, 0.29) is 29.3 Å². The van der Waals surface area contributed by atoms with Gasteiger partial charge in [-0.2, -0.15) is 0 Å². The molecule has 1 aliphatic rings. The summed E-state index contributed by atoms with van der Waals surface area (Å²) >= 11 is 0. The lowest BCUT2D eigenvalue weighted by molar-refractivity contribution is -0.128. The highest BCUT2D eigenvalue weighted by molar-refractivity contribution is 7.92. The van der Waals surface area contributed by atoms with Crippen LogP contribution in [0.4, 0.5) is 5.69 Å².